The Morgan fingerprint density at radius 2 is 2.07 bits per heavy atom. The van der Waals surface area contributed by atoms with E-state index in [1.54, 1.807) is 19.2 Å². The minimum absolute atomic E-state index is 0.259. The van der Waals surface area contributed by atoms with E-state index in [-0.39, 0.29) is 5.56 Å². The molecule has 0 bridgehead atoms. The Morgan fingerprint density at radius 3 is 2.50 bits per heavy atom. The van der Waals surface area contributed by atoms with E-state index in [4.69, 9.17) is 9.84 Å². The van der Waals surface area contributed by atoms with Gasteiger partial charge in [-0.05, 0) is 18.2 Å². The van der Waals surface area contributed by atoms with Gasteiger partial charge >= 0.3 is 5.97 Å². The van der Waals surface area contributed by atoms with Gasteiger partial charge in [-0.25, -0.2) is 4.79 Å². The lowest BCUT2D eigenvalue weighted by Gasteiger charge is -2.16. The minimum atomic E-state index is -0.934. The molecule has 1 N–H and O–H groups in total. The van der Waals surface area contributed by atoms with Crippen molar-refractivity contribution >= 4 is 11.7 Å². The molecule has 0 fully saturated rings. The van der Waals surface area contributed by atoms with Crippen LogP contribution >= 0.6 is 0 Å². The van der Waals surface area contributed by atoms with Gasteiger partial charge in [0.15, 0.2) is 0 Å². The predicted molar refractivity (Wildman–Crippen MR) is 54.3 cm³/mol. The van der Waals surface area contributed by atoms with Crippen LogP contribution in [-0.4, -0.2) is 32.3 Å². The zero-order valence-electron chi connectivity index (χ0n) is 8.44. The zero-order valence-corrected chi connectivity index (χ0v) is 8.44. The van der Waals surface area contributed by atoms with Crippen LogP contribution in [0.3, 0.4) is 0 Å². The normalized spacial score (nSPS) is 9.64. The molecule has 0 saturated heterocycles. The number of aromatic carboxylic acids is 1. The van der Waals surface area contributed by atoms with Crippen molar-refractivity contribution in [2.24, 2.45) is 0 Å². The highest BCUT2D eigenvalue weighted by Gasteiger charge is 2.09. The van der Waals surface area contributed by atoms with Gasteiger partial charge in [-0.2, -0.15) is 0 Å². The second-order valence-corrected chi connectivity index (χ2v) is 3.09. The molecule has 0 aromatic heterocycles. The molecule has 0 atom stereocenters. The lowest BCUT2D eigenvalue weighted by atomic mass is 10.2. The molecule has 0 amide bonds. The van der Waals surface area contributed by atoms with E-state index in [1.165, 1.54) is 6.07 Å². The van der Waals surface area contributed by atoms with E-state index < -0.39 is 5.97 Å². The summed E-state index contributed by atoms with van der Waals surface area (Å²) in [5.41, 5.74) is 1.02. The fourth-order valence-corrected chi connectivity index (χ4v) is 1.17. The van der Waals surface area contributed by atoms with Crippen molar-refractivity contribution in [1.29, 1.82) is 0 Å². The van der Waals surface area contributed by atoms with Crippen molar-refractivity contribution in [1.82, 2.24) is 0 Å². The van der Waals surface area contributed by atoms with Gasteiger partial charge in [0.1, 0.15) is 5.75 Å². The van der Waals surface area contributed by atoms with Crippen LogP contribution in [0.5, 0.6) is 5.75 Å². The molecular weight excluding hydrogens is 182 g/mol. The number of rotatable bonds is 3. The van der Waals surface area contributed by atoms with Gasteiger partial charge in [0.2, 0.25) is 0 Å². The zero-order chi connectivity index (χ0) is 10.7. The highest BCUT2D eigenvalue weighted by Crippen LogP contribution is 2.27. The average Bonchev–Trinajstić information content (AvgIpc) is 2.16. The van der Waals surface area contributed by atoms with Crippen molar-refractivity contribution in [2.45, 2.75) is 0 Å². The molecule has 0 radical (unpaired) electrons. The first-order valence-corrected chi connectivity index (χ1v) is 4.15. The Hall–Kier alpha value is -1.71. The molecule has 0 saturated carbocycles. The molecule has 4 nitrogen and oxygen atoms in total. The summed E-state index contributed by atoms with van der Waals surface area (Å²) in [6.45, 7) is 0. The third-order valence-corrected chi connectivity index (χ3v) is 1.91. The number of hydrogen-bond donors (Lipinski definition) is 1. The van der Waals surface area contributed by atoms with Gasteiger partial charge in [-0.3, -0.25) is 0 Å². The molecule has 1 rings (SSSR count). The third-order valence-electron chi connectivity index (χ3n) is 1.91. The molecule has 0 heterocycles. The van der Waals surface area contributed by atoms with Gasteiger partial charge < -0.3 is 14.7 Å². The number of ether oxygens (including phenoxy) is 1. The van der Waals surface area contributed by atoms with E-state index >= 15 is 0 Å². The quantitative estimate of drug-likeness (QED) is 0.793. The molecule has 1 aromatic carbocycles. The average molecular weight is 195 g/mol. The van der Waals surface area contributed by atoms with Gasteiger partial charge in [0.25, 0.3) is 0 Å². The minimum Gasteiger partial charge on any atom is -0.495 e. The Morgan fingerprint density at radius 1 is 1.43 bits per heavy atom. The molecule has 1 aromatic rings. The van der Waals surface area contributed by atoms with Crippen LogP contribution in [0.25, 0.3) is 0 Å². The summed E-state index contributed by atoms with van der Waals surface area (Å²) in [6.07, 6.45) is 0. The van der Waals surface area contributed by atoms with E-state index in [9.17, 15) is 4.79 Å². The Kier molecular flexibility index (Phi) is 2.96. The molecule has 0 aliphatic heterocycles. The van der Waals surface area contributed by atoms with Crippen molar-refractivity contribution in [3.63, 3.8) is 0 Å². The van der Waals surface area contributed by atoms with Crippen molar-refractivity contribution in [2.75, 3.05) is 26.1 Å². The molecule has 0 unspecified atom stereocenters. The fraction of sp³-hybridized carbons (Fsp3) is 0.300. The number of benzene rings is 1. The third kappa shape index (κ3) is 1.96. The number of nitrogens with zero attached hydrogens (tertiary/aromatic N) is 1. The van der Waals surface area contributed by atoms with E-state index in [0.29, 0.717) is 5.75 Å². The molecule has 14 heavy (non-hydrogen) atoms. The van der Waals surface area contributed by atoms with Crippen LogP contribution in [0, 0.1) is 0 Å². The predicted octanol–water partition coefficient (Wildman–Crippen LogP) is 1.46. The van der Waals surface area contributed by atoms with Crippen LogP contribution in [0.15, 0.2) is 18.2 Å². The van der Waals surface area contributed by atoms with Gasteiger partial charge in [-0.15, -0.1) is 0 Å². The van der Waals surface area contributed by atoms with Gasteiger partial charge in [-0.1, -0.05) is 0 Å². The van der Waals surface area contributed by atoms with Crippen LogP contribution in [0.4, 0.5) is 5.69 Å². The first kappa shape index (κ1) is 10.4. The number of carboxylic acid groups (broad SMARTS) is 1. The van der Waals surface area contributed by atoms with E-state index in [1.807, 2.05) is 19.0 Å². The number of anilines is 1. The number of carbonyl (C=O) groups is 1. The molecule has 4 heteroatoms. The summed E-state index contributed by atoms with van der Waals surface area (Å²) in [4.78, 5) is 12.5. The summed E-state index contributed by atoms with van der Waals surface area (Å²) < 4.78 is 5.11. The van der Waals surface area contributed by atoms with Crippen LogP contribution < -0.4 is 9.64 Å². The fourth-order valence-electron chi connectivity index (χ4n) is 1.17. The van der Waals surface area contributed by atoms with Crippen LogP contribution in [0.1, 0.15) is 10.4 Å². The maximum atomic E-state index is 10.7. The summed E-state index contributed by atoms with van der Waals surface area (Å²) >= 11 is 0. The lowest BCUT2D eigenvalue weighted by molar-refractivity contribution is 0.0697. The SMILES string of the molecule is COc1ccc(C(=O)O)cc1N(C)C. The second-order valence-electron chi connectivity index (χ2n) is 3.09. The Labute approximate surface area is 82.7 Å². The molecule has 0 spiro atoms. The maximum Gasteiger partial charge on any atom is 0.335 e. The molecule has 0 aliphatic carbocycles. The topological polar surface area (TPSA) is 49.8 Å². The monoisotopic (exact) mass is 195 g/mol. The van der Waals surface area contributed by atoms with Crippen LogP contribution in [0.2, 0.25) is 0 Å². The summed E-state index contributed by atoms with van der Waals surface area (Å²) in [6, 6.07) is 4.76. The molecule has 76 valence electrons. The Bertz CT molecular complexity index is 347. The Balaban J connectivity index is 3.20. The number of carboxylic acids is 1. The second kappa shape index (κ2) is 4.00. The summed E-state index contributed by atoms with van der Waals surface area (Å²) in [5.74, 6) is -0.268. The maximum absolute atomic E-state index is 10.7. The highest BCUT2D eigenvalue weighted by molar-refractivity contribution is 5.89. The standard InChI is InChI=1S/C10H13NO3/c1-11(2)8-6-7(10(12)13)4-5-9(8)14-3/h4-6H,1-3H3,(H,12,13). The smallest absolute Gasteiger partial charge is 0.335 e. The summed E-state index contributed by atoms with van der Waals surface area (Å²) in [7, 11) is 5.23. The first-order chi connectivity index (χ1) is 6.56. The number of hydrogen-bond acceptors (Lipinski definition) is 3. The number of methoxy groups -OCH3 is 1. The van der Waals surface area contributed by atoms with Gasteiger partial charge in [0.05, 0.1) is 18.4 Å². The van der Waals surface area contributed by atoms with Crippen molar-refractivity contribution < 1.29 is 14.6 Å². The van der Waals surface area contributed by atoms with Crippen molar-refractivity contribution in [3.05, 3.63) is 23.8 Å². The van der Waals surface area contributed by atoms with Crippen LogP contribution in [-0.2, 0) is 0 Å². The lowest BCUT2D eigenvalue weighted by Crippen LogP contribution is -2.11. The first-order valence-electron chi connectivity index (χ1n) is 4.15. The molecular formula is C10H13NO3. The molecule has 0 aliphatic rings. The van der Waals surface area contributed by atoms with E-state index in [0.717, 1.165) is 5.69 Å². The summed E-state index contributed by atoms with van der Waals surface area (Å²) in [5, 5.41) is 8.80. The van der Waals surface area contributed by atoms with Crippen molar-refractivity contribution in [3.8, 4) is 5.75 Å². The highest BCUT2D eigenvalue weighted by atomic mass is 16.5. The largest absolute Gasteiger partial charge is 0.495 e. The van der Waals surface area contributed by atoms with E-state index in [2.05, 4.69) is 0 Å². The van der Waals surface area contributed by atoms with Gasteiger partial charge in [0, 0.05) is 14.1 Å².